The van der Waals surface area contributed by atoms with Gasteiger partial charge in [0.2, 0.25) is 0 Å². The summed E-state index contributed by atoms with van der Waals surface area (Å²) >= 11 is 6.47. The second-order valence-electron chi connectivity index (χ2n) is 4.42. The topological polar surface area (TPSA) is 9.23 Å². The molecule has 0 amide bonds. The molecule has 0 saturated carbocycles. The zero-order chi connectivity index (χ0) is 11.8. The van der Waals surface area contributed by atoms with Crippen LogP contribution >= 0.6 is 11.6 Å². The maximum absolute atomic E-state index is 6.47. The summed E-state index contributed by atoms with van der Waals surface area (Å²) in [5, 5.41) is -0.0199. The molecule has 0 N–H and O–H groups in total. The Morgan fingerprint density at radius 1 is 1.12 bits per heavy atom. The smallest absolute Gasteiger partial charge is 0.132 e. The van der Waals surface area contributed by atoms with Gasteiger partial charge < -0.3 is 4.74 Å². The minimum Gasteiger partial charge on any atom is -0.457 e. The van der Waals surface area contributed by atoms with Crippen molar-refractivity contribution in [1.29, 1.82) is 0 Å². The van der Waals surface area contributed by atoms with E-state index >= 15 is 0 Å². The fraction of sp³-hybridized carbons (Fsp3) is 0.200. The van der Waals surface area contributed by atoms with E-state index in [0.717, 1.165) is 23.5 Å². The van der Waals surface area contributed by atoms with Crippen LogP contribution in [-0.2, 0) is 6.42 Å². The van der Waals surface area contributed by atoms with Crippen LogP contribution in [0.3, 0.4) is 0 Å². The summed E-state index contributed by atoms with van der Waals surface area (Å²) in [5.41, 5.74) is 3.47. The Balaban J connectivity index is 2.14. The molecule has 2 heteroatoms. The van der Waals surface area contributed by atoms with E-state index in [1.165, 1.54) is 11.1 Å². The quantitative estimate of drug-likeness (QED) is 0.615. The van der Waals surface area contributed by atoms with Crippen LogP contribution in [0, 0.1) is 6.92 Å². The van der Waals surface area contributed by atoms with Crippen LogP contribution in [0.15, 0.2) is 42.5 Å². The van der Waals surface area contributed by atoms with E-state index in [2.05, 4.69) is 25.1 Å². The second kappa shape index (κ2) is 4.08. The third-order valence-corrected chi connectivity index (χ3v) is 3.48. The van der Waals surface area contributed by atoms with Gasteiger partial charge >= 0.3 is 0 Å². The van der Waals surface area contributed by atoms with Crippen molar-refractivity contribution in [3.63, 3.8) is 0 Å². The maximum atomic E-state index is 6.47. The molecule has 1 atom stereocenters. The molecular weight excluding hydrogens is 232 g/mol. The van der Waals surface area contributed by atoms with Crippen molar-refractivity contribution >= 4 is 11.6 Å². The van der Waals surface area contributed by atoms with Gasteiger partial charge in [-0.3, -0.25) is 0 Å². The average Bonchev–Trinajstić information content (AvgIpc) is 2.46. The number of benzene rings is 2. The van der Waals surface area contributed by atoms with Crippen molar-refractivity contribution in [2.45, 2.75) is 18.7 Å². The average molecular weight is 245 g/mol. The third-order valence-electron chi connectivity index (χ3n) is 3.09. The van der Waals surface area contributed by atoms with Crippen molar-refractivity contribution < 1.29 is 4.74 Å². The first kappa shape index (κ1) is 10.7. The number of hydrogen-bond acceptors (Lipinski definition) is 1. The monoisotopic (exact) mass is 244 g/mol. The first-order valence-corrected chi connectivity index (χ1v) is 6.18. The highest BCUT2D eigenvalue weighted by Crippen LogP contribution is 2.41. The molecule has 0 bridgehead atoms. The molecule has 1 heterocycles. The first-order valence-electron chi connectivity index (χ1n) is 5.74. The van der Waals surface area contributed by atoms with E-state index < -0.39 is 0 Å². The van der Waals surface area contributed by atoms with Crippen LogP contribution in [0.4, 0.5) is 0 Å². The predicted octanol–water partition coefficient (Wildman–Crippen LogP) is 4.62. The second-order valence-corrected chi connectivity index (χ2v) is 4.95. The summed E-state index contributed by atoms with van der Waals surface area (Å²) in [6.45, 7) is 2.07. The molecule has 0 radical (unpaired) electrons. The SMILES string of the molecule is Cc1ccc2c(c1)C(Cl)Cc1ccccc1O2. The summed E-state index contributed by atoms with van der Waals surface area (Å²) in [4.78, 5) is 0. The van der Waals surface area contributed by atoms with Crippen molar-refractivity contribution in [3.05, 3.63) is 59.2 Å². The normalized spacial score (nSPS) is 17.6. The Bertz CT molecular complexity index is 563. The lowest BCUT2D eigenvalue weighted by atomic mass is 10.0. The van der Waals surface area contributed by atoms with Gasteiger partial charge in [0.05, 0.1) is 5.38 Å². The van der Waals surface area contributed by atoms with Gasteiger partial charge in [-0.2, -0.15) is 0 Å². The lowest BCUT2D eigenvalue weighted by Gasteiger charge is -2.10. The molecule has 0 saturated heterocycles. The van der Waals surface area contributed by atoms with E-state index in [9.17, 15) is 0 Å². The van der Waals surface area contributed by atoms with Crippen molar-refractivity contribution in [3.8, 4) is 11.5 Å². The fourth-order valence-electron chi connectivity index (χ4n) is 2.20. The number of alkyl halides is 1. The van der Waals surface area contributed by atoms with Crippen LogP contribution in [0.5, 0.6) is 11.5 Å². The van der Waals surface area contributed by atoms with E-state index in [-0.39, 0.29) is 5.38 Å². The largest absolute Gasteiger partial charge is 0.457 e. The molecule has 17 heavy (non-hydrogen) atoms. The highest BCUT2D eigenvalue weighted by Gasteiger charge is 2.21. The highest BCUT2D eigenvalue weighted by atomic mass is 35.5. The summed E-state index contributed by atoms with van der Waals surface area (Å²) in [6, 6.07) is 14.2. The van der Waals surface area contributed by atoms with Gasteiger partial charge in [0.25, 0.3) is 0 Å². The molecule has 1 unspecified atom stereocenters. The van der Waals surface area contributed by atoms with E-state index in [4.69, 9.17) is 16.3 Å². The Morgan fingerprint density at radius 3 is 2.82 bits per heavy atom. The fourth-order valence-corrected chi connectivity index (χ4v) is 2.54. The Morgan fingerprint density at radius 2 is 1.94 bits per heavy atom. The Labute approximate surface area is 106 Å². The van der Waals surface area contributed by atoms with E-state index in [1.807, 2.05) is 24.3 Å². The third kappa shape index (κ3) is 1.91. The lowest BCUT2D eigenvalue weighted by molar-refractivity contribution is 0.479. The number of rotatable bonds is 0. The molecule has 0 fully saturated rings. The molecule has 0 spiro atoms. The summed E-state index contributed by atoms with van der Waals surface area (Å²) < 4.78 is 5.94. The summed E-state index contributed by atoms with van der Waals surface area (Å²) in [6.07, 6.45) is 0.814. The van der Waals surface area contributed by atoms with Crippen molar-refractivity contribution in [1.82, 2.24) is 0 Å². The number of fused-ring (bicyclic) bond motifs is 2. The minimum atomic E-state index is -0.0199. The van der Waals surface area contributed by atoms with E-state index in [1.54, 1.807) is 0 Å². The van der Waals surface area contributed by atoms with Gasteiger partial charge in [-0.05, 0) is 31.0 Å². The molecule has 2 aromatic carbocycles. The van der Waals surface area contributed by atoms with Gasteiger partial charge in [-0.1, -0.05) is 35.9 Å². The zero-order valence-electron chi connectivity index (χ0n) is 9.61. The molecule has 0 aromatic heterocycles. The summed E-state index contributed by atoms with van der Waals surface area (Å²) in [5.74, 6) is 1.79. The standard InChI is InChI=1S/C15H13ClO/c1-10-6-7-15-12(8-10)13(16)9-11-4-2-3-5-14(11)17-15/h2-8,13H,9H2,1H3. The molecule has 1 nitrogen and oxygen atoms in total. The number of ether oxygens (including phenoxy) is 1. The molecule has 1 aliphatic heterocycles. The number of aryl methyl sites for hydroxylation is 1. The van der Waals surface area contributed by atoms with Crippen LogP contribution in [0.25, 0.3) is 0 Å². The molecular formula is C15H13ClO. The zero-order valence-corrected chi connectivity index (χ0v) is 10.4. The maximum Gasteiger partial charge on any atom is 0.132 e. The Kier molecular flexibility index (Phi) is 2.56. The van der Waals surface area contributed by atoms with Gasteiger partial charge in [-0.25, -0.2) is 0 Å². The first-order chi connectivity index (χ1) is 8.24. The lowest BCUT2D eigenvalue weighted by Crippen LogP contribution is -1.94. The van der Waals surface area contributed by atoms with Gasteiger partial charge in [0.15, 0.2) is 0 Å². The van der Waals surface area contributed by atoms with Gasteiger partial charge in [-0.15, -0.1) is 11.6 Å². The van der Waals surface area contributed by atoms with Crippen molar-refractivity contribution in [2.24, 2.45) is 0 Å². The van der Waals surface area contributed by atoms with Crippen LogP contribution in [0.1, 0.15) is 22.1 Å². The Hall–Kier alpha value is -1.47. The van der Waals surface area contributed by atoms with Crippen LogP contribution in [0.2, 0.25) is 0 Å². The number of para-hydroxylation sites is 1. The predicted molar refractivity (Wildman–Crippen MR) is 70.0 cm³/mol. The number of halogens is 1. The summed E-state index contributed by atoms with van der Waals surface area (Å²) in [7, 11) is 0. The molecule has 86 valence electrons. The van der Waals surface area contributed by atoms with Crippen LogP contribution in [-0.4, -0.2) is 0 Å². The van der Waals surface area contributed by atoms with Gasteiger partial charge in [0.1, 0.15) is 11.5 Å². The van der Waals surface area contributed by atoms with Crippen molar-refractivity contribution in [2.75, 3.05) is 0 Å². The highest BCUT2D eigenvalue weighted by molar-refractivity contribution is 6.21. The molecule has 1 aliphatic rings. The molecule has 2 aromatic rings. The van der Waals surface area contributed by atoms with E-state index in [0.29, 0.717) is 0 Å². The van der Waals surface area contributed by atoms with Crippen LogP contribution < -0.4 is 4.74 Å². The molecule has 0 aliphatic carbocycles. The molecule has 3 rings (SSSR count). The number of hydrogen-bond donors (Lipinski definition) is 0. The minimum absolute atomic E-state index is 0.0199. The van der Waals surface area contributed by atoms with Gasteiger partial charge in [0, 0.05) is 5.56 Å².